The van der Waals surface area contributed by atoms with Crippen LogP contribution in [-0.4, -0.2) is 9.55 Å². The third kappa shape index (κ3) is 2.47. The second kappa shape index (κ2) is 5.43. The summed E-state index contributed by atoms with van der Waals surface area (Å²) in [6.07, 6.45) is 0. The van der Waals surface area contributed by atoms with Gasteiger partial charge >= 0.3 is 0 Å². The maximum absolute atomic E-state index is 13.4. The van der Waals surface area contributed by atoms with Crippen molar-refractivity contribution in [1.29, 1.82) is 0 Å². The lowest BCUT2D eigenvalue weighted by Crippen LogP contribution is -2.10. The van der Waals surface area contributed by atoms with Crippen LogP contribution in [0.5, 0.6) is 0 Å². The minimum absolute atomic E-state index is 0.124. The Hall–Kier alpha value is -1.39. The molecule has 0 aliphatic rings. The third-order valence-corrected chi connectivity index (χ3v) is 4.98. The van der Waals surface area contributed by atoms with Gasteiger partial charge in [-0.3, -0.25) is 0 Å². The zero-order valence-electron chi connectivity index (χ0n) is 12.2. The number of halogens is 2. The van der Waals surface area contributed by atoms with Crippen molar-refractivity contribution in [2.45, 2.75) is 32.7 Å². The van der Waals surface area contributed by atoms with Crippen molar-refractivity contribution >= 4 is 34.0 Å². The number of benzene rings is 1. The molecule has 0 amide bonds. The van der Waals surface area contributed by atoms with E-state index in [9.17, 15) is 4.39 Å². The Kier molecular flexibility index (Phi) is 3.76. The molecule has 1 unspecified atom stereocenters. The molecule has 1 aromatic carbocycles. The molecule has 3 rings (SSSR count). The highest BCUT2D eigenvalue weighted by Gasteiger charge is 2.19. The average Bonchev–Trinajstić information content (AvgIpc) is 2.97. The van der Waals surface area contributed by atoms with Crippen LogP contribution >= 0.6 is 22.9 Å². The number of hydrogen-bond acceptors (Lipinski definition) is 2. The molecule has 0 aliphatic carbocycles. The van der Waals surface area contributed by atoms with Crippen LogP contribution in [-0.2, 0) is 5.88 Å². The zero-order valence-corrected chi connectivity index (χ0v) is 13.7. The summed E-state index contributed by atoms with van der Waals surface area (Å²) in [7, 11) is 0. The van der Waals surface area contributed by atoms with Crippen molar-refractivity contribution in [3.63, 3.8) is 0 Å². The first-order valence-electron chi connectivity index (χ1n) is 6.80. The SMILES string of the molecule is Cc1cc(C(C)n2c(CCl)nc3cc(F)ccc32)c(C)s1. The fourth-order valence-electron chi connectivity index (χ4n) is 2.85. The fourth-order valence-corrected chi connectivity index (χ4v) is 4.06. The largest absolute Gasteiger partial charge is 0.320 e. The Morgan fingerprint density at radius 3 is 2.71 bits per heavy atom. The van der Waals surface area contributed by atoms with E-state index in [1.807, 2.05) is 0 Å². The van der Waals surface area contributed by atoms with Gasteiger partial charge in [0, 0.05) is 15.8 Å². The molecule has 2 aromatic heterocycles. The highest BCUT2D eigenvalue weighted by Crippen LogP contribution is 2.32. The van der Waals surface area contributed by atoms with E-state index >= 15 is 0 Å². The van der Waals surface area contributed by atoms with E-state index in [4.69, 9.17) is 11.6 Å². The van der Waals surface area contributed by atoms with E-state index in [1.54, 1.807) is 17.4 Å². The number of hydrogen-bond donors (Lipinski definition) is 0. The molecule has 1 atom stereocenters. The van der Waals surface area contributed by atoms with Crippen LogP contribution in [0, 0.1) is 19.7 Å². The summed E-state index contributed by atoms with van der Waals surface area (Å²) in [6, 6.07) is 7.04. The normalized spacial score (nSPS) is 13.0. The molecule has 0 saturated carbocycles. The van der Waals surface area contributed by atoms with Gasteiger partial charge in [-0.15, -0.1) is 22.9 Å². The van der Waals surface area contributed by atoms with E-state index in [1.165, 1.54) is 27.5 Å². The monoisotopic (exact) mass is 322 g/mol. The Morgan fingerprint density at radius 1 is 1.33 bits per heavy atom. The minimum Gasteiger partial charge on any atom is -0.320 e. The number of aryl methyl sites for hydroxylation is 2. The molecule has 0 fully saturated rings. The van der Waals surface area contributed by atoms with Gasteiger partial charge in [0.15, 0.2) is 0 Å². The molecule has 5 heteroatoms. The topological polar surface area (TPSA) is 17.8 Å². The van der Waals surface area contributed by atoms with E-state index in [-0.39, 0.29) is 11.9 Å². The number of nitrogens with zero attached hydrogens (tertiary/aromatic N) is 2. The second-order valence-electron chi connectivity index (χ2n) is 5.21. The van der Waals surface area contributed by atoms with Gasteiger partial charge in [-0.2, -0.15) is 0 Å². The first-order valence-corrected chi connectivity index (χ1v) is 8.15. The summed E-state index contributed by atoms with van der Waals surface area (Å²) in [5.41, 5.74) is 2.84. The number of alkyl halides is 1. The summed E-state index contributed by atoms with van der Waals surface area (Å²) >= 11 is 7.83. The number of thiophene rings is 1. The molecule has 2 nitrogen and oxygen atoms in total. The third-order valence-electron chi connectivity index (χ3n) is 3.76. The van der Waals surface area contributed by atoms with Crippen LogP contribution < -0.4 is 0 Å². The molecule has 0 radical (unpaired) electrons. The van der Waals surface area contributed by atoms with E-state index in [0.717, 1.165) is 11.3 Å². The molecule has 110 valence electrons. The van der Waals surface area contributed by atoms with Crippen LogP contribution in [0.15, 0.2) is 24.3 Å². The van der Waals surface area contributed by atoms with Gasteiger partial charge in [0.25, 0.3) is 0 Å². The molecule has 0 saturated heterocycles. The number of fused-ring (bicyclic) bond motifs is 1. The van der Waals surface area contributed by atoms with Crippen molar-refractivity contribution in [3.8, 4) is 0 Å². The van der Waals surface area contributed by atoms with Gasteiger partial charge in [0.1, 0.15) is 11.6 Å². The van der Waals surface area contributed by atoms with Crippen molar-refractivity contribution in [2.24, 2.45) is 0 Å². The lowest BCUT2D eigenvalue weighted by Gasteiger charge is -2.17. The van der Waals surface area contributed by atoms with Crippen molar-refractivity contribution in [3.05, 3.63) is 51.2 Å². The quantitative estimate of drug-likeness (QED) is 0.606. The van der Waals surface area contributed by atoms with Gasteiger partial charge in [-0.25, -0.2) is 9.37 Å². The van der Waals surface area contributed by atoms with Crippen LogP contribution in [0.1, 0.15) is 34.1 Å². The van der Waals surface area contributed by atoms with Crippen LogP contribution in [0.4, 0.5) is 4.39 Å². The lowest BCUT2D eigenvalue weighted by molar-refractivity contribution is 0.626. The number of imidazole rings is 1. The van der Waals surface area contributed by atoms with Crippen LogP contribution in [0.3, 0.4) is 0 Å². The lowest BCUT2D eigenvalue weighted by atomic mass is 10.1. The molecule has 3 aromatic rings. The van der Waals surface area contributed by atoms with Gasteiger partial charge in [-0.1, -0.05) is 0 Å². The van der Waals surface area contributed by atoms with Gasteiger partial charge in [0.2, 0.25) is 0 Å². The van der Waals surface area contributed by atoms with E-state index < -0.39 is 0 Å². The second-order valence-corrected chi connectivity index (χ2v) is 6.94. The predicted octanol–water partition coefficient (Wildman–Crippen LogP) is 5.20. The van der Waals surface area contributed by atoms with Crippen molar-refractivity contribution in [1.82, 2.24) is 9.55 Å². The Bertz CT molecular complexity index is 806. The summed E-state index contributed by atoms with van der Waals surface area (Å²) in [5.74, 6) is 0.805. The highest BCUT2D eigenvalue weighted by atomic mass is 35.5. The molecule has 0 spiro atoms. The first-order chi connectivity index (χ1) is 10.0. The van der Waals surface area contributed by atoms with E-state index in [0.29, 0.717) is 11.4 Å². The molecule has 21 heavy (non-hydrogen) atoms. The molecule has 0 aliphatic heterocycles. The van der Waals surface area contributed by atoms with Crippen molar-refractivity contribution < 1.29 is 4.39 Å². The molecular formula is C16H16ClFN2S. The molecular weight excluding hydrogens is 307 g/mol. The summed E-state index contributed by atoms with van der Waals surface area (Å²) in [6.45, 7) is 6.37. The Labute approximate surface area is 132 Å². The van der Waals surface area contributed by atoms with Gasteiger partial charge in [0.05, 0.1) is 23.0 Å². The summed E-state index contributed by atoms with van der Waals surface area (Å²) < 4.78 is 15.5. The van der Waals surface area contributed by atoms with Crippen molar-refractivity contribution in [2.75, 3.05) is 0 Å². The summed E-state index contributed by atoms with van der Waals surface area (Å²) in [4.78, 5) is 7.05. The maximum Gasteiger partial charge on any atom is 0.125 e. The standard InChI is InChI=1S/C16H16ClFN2S/c1-9-6-13(11(3)21-9)10(2)20-15-5-4-12(18)7-14(15)19-16(20)8-17/h4-7,10H,8H2,1-3H3. The molecule has 2 heterocycles. The van der Waals surface area contributed by atoms with Gasteiger partial charge in [-0.05, 0) is 44.5 Å². The van der Waals surface area contributed by atoms with E-state index in [2.05, 4.69) is 36.4 Å². The first kappa shape index (κ1) is 14.5. The molecule has 0 bridgehead atoms. The predicted molar refractivity (Wildman–Crippen MR) is 86.9 cm³/mol. The fraction of sp³-hybridized carbons (Fsp3) is 0.312. The average molecular weight is 323 g/mol. The number of aromatic nitrogens is 2. The van der Waals surface area contributed by atoms with Gasteiger partial charge < -0.3 is 4.57 Å². The Morgan fingerprint density at radius 2 is 2.10 bits per heavy atom. The van der Waals surface area contributed by atoms with Crippen LogP contribution in [0.2, 0.25) is 0 Å². The minimum atomic E-state index is -0.275. The highest BCUT2D eigenvalue weighted by molar-refractivity contribution is 7.12. The number of rotatable bonds is 3. The smallest absolute Gasteiger partial charge is 0.125 e. The maximum atomic E-state index is 13.4. The molecule has 0 N–H and O–H groups in total. The zero-order chi connectivity index (χ0) is 15.1. The van der Waals surface area contributed by atoms with Crippen LogP contribution in [0.25, 0.3) is 11.0 Å². The summed E-state index contributed by atoms with van der Waals surface area (Å²) in [5, 5.41) is 0. The Balaban J connectivity index is 2.20.